The molecule has 2 heteroatoms. The Morgan fingerprint density at radius 1 is 1.08 bits per heavy atom. The number of hydrogen-bond donors (Lipinski definition) is 0. The molecule has 0 aromatic heterocycles. The monoisotopic (exact) mass is 332 g/mol. The summed E-state index contributed by atoms with van der Waals surface area (Å²) in [6, 6.07) is 0. The van der Waals surface area contributed by atoms with E-state index in [9.17, 15) is 4.79 Å². The van der Waals surface area contributed by atoms with Gasteiger partial charge in [0.05, 0.1) is 5.92 Å². The van der Waals surface area contributed by atoms with Gasteiger partial charge < -0.3 is 4.74 Å². The lowest BCUT2D eigenvalue weighted by molar-refractivity contribution is -0.168. The van der Waals surface area contributed by atoms with Crippen LogP contribution in [-0.2, 0) is 9.53 Å². The molecule has 2 bridgehead atoms. The van der Waals surface area contributed by atoms with E-state index in [0.717, 1.165) is 55.3 Å². The summed E-state index contributed by atoms with van der Waals surface area (Å²) in [4.78, 5) is 13.1. The predicted molar refractivity (Wildman–Crippen MR) is 96.4 cm³/mol. The maximum absolute atomic E-state index is 13.1. The quantitative estimate of drug-likeness (QED) is 0.613. The molecule has 4 rings (SSSR count). The van der Waals surface area contributed by atoms with E-state index in [1.165, 1.54) is 38.5 Å². The fourth-order valence-electron chi connectivity index (χ4n) is 7.54. The number of esters is 1. The molecular weight excluding hydrogens is 296 g/mol. The first kappa shape index (κ1) is 16.9. The van der Waals surface area contributed by atoms with Crippen molar-refractivity contribution in [3.05, 3.63) is 0 Å². The van der Waals surface area contributed by atoms with Gasteiger partial charge >= 0.3 is 5.97 Å². The average molecular weight is 333 g/mol. The van der Waals surface area contributed by atoms with Crippen LogP contribution in [0.4, 0.5) is 0 Å². The third-order valence-electron chi connectivity index (χ3n) is 8.45. The minimum absolute atomic E-state index is 0.107. The highest BCUT2D eigenvalue weighted by atomic mass is 16.6. The Bertz CT molecular complexity index is 478. The van der Waals surface area contributed by atoms with Crippen LogP contribution >= 0.6 is 0 Å². The van der Waals surface area contributed by atoms with Crippen molar-refractivity contribution in [3.63, 3.8) is 0 Å². The van der Waals surface area contributed by atoms with Crippen molar-refractivity contribution in [3.8, 4) is 0 Å². The zero-order valence-electron chi connectivity index (χ0n) is 15.9. The van der Waals surface area contributed by atoms with Crippen molar-refractivity contribution in [2.24, 2.45) is 41.4 Å². The molecule has 4 aliphatic rings. The van der Waals surface area contributed by atoms with Crippen LogP contribution in [0.3, 0.4) is 0 Å². The van der Waals surface area contributed by atoms with Crippen LogP contribution in [0.1, 0.15) is 85.0 Å². The summed E-state index contributed by atoms with van der Waals surface area (Å²) in [5, 5.41) is 0. The lowest BCUT2D eigenvalue weighted by atomic mass is 9.71. The number of fused-ring (bicyclic) bond motifs is 5. The van der Waals surface area contributed by atoms with Gasteiger partial charge in [-0.25, -0.2) is 0 Å². The molecule has 24 heavy (non-hydrogen) atoms. The van der Waals surface area contributed by atoms with Gasteiger partial charge in [0.1, 0.15) is 5.60 Å². The predicted octanol–water partition coefficient (Wildman–Crippen LogP) is 5.60. The second kappa shape index (κ2) is 6.32. The van der Waals surface area contributed by atoms with Crippen molar-refractivity contribution in [2.45, 2.75) is 90.6 Å². The van der Waals surface area contributed by atoms with Crippen LogP contribution < -0.4 is 0 Å². The van der Waals surface area contributed by atoms with Gasteiger partial charge in [0, 0.05) is 0 Å². The molecule has 0 aromatic carbocycles. The number of ether oxygens (including phenoxy) is 1. The van der Waals surface area contributed by atoms with Crippen LogP contribution in [0.25, 0.3) is 0 Å². The molecular formula is C22H36O2. The minimum atomic E-state index is -0.107. The summed E-state index contributed by atoms with van der Waals surface area (Å²) in [5.74, 6) is 5.38. The van der Waals surface area contributed by atoms with Crippen molar-refractivity contribution in [2.75, 3.05) is 0 Å². The van der Waals surface area contributed by atoms with Crippen LogP contribution in [0, 0.1) is 41.4 Å². The Morgan fingerprint density at radius 2 is 1.83 bits per heavy atom. The van der Waals surface area contributed by atoms with Crippen LogP contribution in [0.15, 0.2) is 0 Å². The summed E-state index contributed by atoms with van der Waals surface area (Å²) in [6.45, 7) is 7.00. The lowest BCUT2D eigenvalue weighted by Crippen LogP contribution is -2.39. The summed E-state index contributed by atoms with van der Waals surface area (Å²) < 4.78 is 6.22. The first-order valence-electron chi connectivity index (χ1n) is 10.8. The smallest absolute Gasteiger partial charge is 0.309 e. The van der Waals surface area contributed by atoms with E-state index in [1.807, 2.05) is 0 Å². The molecule has 0 radical (unpaired) electrons. The summed E-state index contributed by atoms with van der Waals surface area (Å²) >= 11 is 0. The highest BCUT2D eigenvalue weighted by Gasteiger charge is 2.61. The zero-order chi connectivity index (χ0) is 16.9. The van der Waals surface area contributed by atoms with Gasteiger partial charge in [0.2, 0.25) is 0 Å². The highest BCUT2D eigenvalue weighted by Crippen LogP contribution is 2.65. The van der Waals surface area contributed by atoms with Crippen molar-refractivity contribution >= 4 is 5.97 Å². The SMILES string of the molecule is CCCC1CC(C)C2C3CC(C(=O)OC4(CC)CCCC4)C(C3)C12. The Morgan fingerprint density at radius 3 is 2.50 bits per heavy atom. The zero-order valence-corrected chi connectivity index (χ0v) is 15.9. The average Bonchev–Trinajstić information content (AvgIpc) is 3.31. The maximum Gasteiger partial charge on any atom is 0.309 e. The molecule has 0 aliphatic heterocycles. The topological polar surface area (TPSA) is 26.3 Å². The summed E-state index contributed by atoms with van der Waals surface area (Å²) in [6.07, 6.45) is 12.2. The van der Waals surface area contributed by atoms with E-state index >= 15 is 0 Å². The minimum Gasteiger partial charge on any atom is -0.459 e. The Labute approximate surface area is 148 Å². The van der Waals surface area contributed by atoms with Gasteiger partial charge in [-0.2, -0.15) is 0 Å². The van der Waals surface area contributed by atoms with Crippen LogP contribution in [0.2, 0.25) is 0 Å². The first-order valence-corrected chi connectivity index (χ1v) is 10.8. The molecule has 7 unspecified atom stereocenters. The van der Waals surface area contributed by atoms with Crippen LogP contribution in [-0.4, -0.2) is 11.6 Å². The van der Waals surface area contributed by atoms with Gasteiger partial charge in [0.25, 0.3) is 0 Å². The van der Waals surface area contributed by atoms with Gasteiger partial charge in [-0.15, -0.1) is 0 Å². The van der Waals surface area contributed by atoms with Gasteiger partial charge in [0.15, 0.2) is 0 Å². The fourth-order valence-corrected chi connectivity index (χ4v) is 7.54. The number of rotatable bonds is 5. The third kappa shape index (κ3) is 2.54. The molecule has 0 N–H and O–H groups in total. The highest BCUT2D eigenvalue weighted by molar-refractivity contribution is 5.74. The number of carbonyl (C=O) groups excluding carboxylic acids is 1. The van der Waals surface area contributed by atoms with E-state index in [1.54, 1.807) is 0 Å². The van der Waals surface area contributed by atoms with Gasteiger partial charge in [-0.05, 0) is 86.9 Å². The molecule has 4 fully saturated rings. The second-order valence-corrected chi connectivity index (χ2v) is 9.58. The van der Waals surface area contributed by atoms with E-state index in [0.29, 0.717) is 5.92 Å². The maximum atomic E-state index is 13.1. The molecule has 0 aromatic rings. The molecule has 0 spiro atoms. The fraction of sp³-hybridized carbons (Fsp3) is 0.955. The number of carbonyl (C=O) groups is 1. The number of hydrogen-bond acceptors (Lipinski definition) is 2. The van der Waals surface area contributed by atoms with Gasteiger partial charge in [-0.3, -0.25) is 4.79 Å². The Hall–Kier alpha value is -0.530. The molecule has 7 atom stereocenters. The summed E-state index contributed by atoms with van der Waals surface area (Å²) in [5.41, 5.74) is -0.107. The first-order chi connectivity index (χ1) is 11.6. The Kier molecular flexibility index (Phi) is 4.46. The van der Waals surface area contributed by atoms with E-state index in [2.05, 4.69) is 20.8 Å². The molecule has 0 heterocycles. The van der Waals surface area contributed by atoms with E-state index < -0.39 is 0 Å². The summed E-state index contributed by atoms with van der Waals surface area (Å²) in [7, 11) is 0. The van der Waals surface area contributed by atoms with E-state index in [4.69, 9.17) is 4.74 Å². The van der Waals surface area contributed by atoms with Crippen LogP contribution in [0.5, 0.6) is 0 Å². The third-order valence-corrected chi connectivity index (χ3v) is 8.45. The largest absolute Gasteiger partial charge is 0.459 e. The molecule has 4 aliphatic carbocycles. The standard InChI is InChI=1S/C22H36O2/c1-4-8-15-11-14(3)19-16-12-17(20(15)19)18(13-16)21(23)24-22(5-2)9-6-7-10-22/h14-20H,4-13H2,1-3H3. The van der Waals surface area contributed by atoms with Gasteiger partial charge in [-0.1, -0.05) is 33.6 Å². The second-order valence-electron chi connectivity index (χ2n) is 9.58. The molecule has 2 nitrogen and oxygen atoms in total. The normalized spacial score (nSPS) is 45.5. The van der Waals surface area contributed by atoms with E-state index in [-0.39, 0.29) is 17.5 Å². The molecule has 0 amide bonds. The molecule has 136 valence electrons. The van der Waals surface area contributed by atoms with Crippen molar-refractivity contribution in [1.82, 2.24) is 0 Å². The van der Waals surface area contributed by atoms with Crippen molar-refractivity contribution < 1.29 is 9.53 Å². The molecule has 4 saturated carbocycles. The van der Waals surface area contributed by atoms with Crippen molar-refractivity contribution in [1.29, 1.82) is 0 Å². The lowest BCUT2D eigenvalue weighted by Gasteiger charge is -2.37. The Balaban J connectivity index is 1.47. The molecule has 0 saturated heterocycles.